The monoisotopic (exact) mass is 309 g/mol. The highest BCUT2D eigenvalue weighted by atomic mass is 19.1. The van der Waals surface area contributed by atoms with E-state index in [4.69, 9.17) is 0 Å². The number of nitrogens with one attached hydrogen (secondary N) is 1. The summed E-state index contributed by atoms with van der Waals surface area (Å²) < 4.78 is 13.0. The van der Waals surface area contributed by atoms with Crippen LogP contribution in [-0.4, -0.2) is 24.2 Å². The molecule has 2 N–H and O–H groups in total. The van der Waals surface area contributed by atoms with E-state index in [9.17, 15) is 14.3 Å². The van der Waals surface area contributed by atoms with Gasteiger partial charge in [0.1, 0.15) is 5.82 Å². The summed E-state index contributed by atoms with van der Waals surface area (Å²) in [7, 11) is 0. The summed E-state index contributed by atoms with van der Waals surface area (Å²) in [6.45, 7) is 8.50. The lowest BCUT2D eigenvalue weighted by molar-refractivity contribution is -0.126. The third kappa shape index (κ3) is 4.29. The number of carbonyl (C=O) groups is 1. The van der Waals surface area contributed by atoms with Gasteiger partial charge in [0, 0.05) is 13.2 Å². The Hall–Kier alpha value is -1.42. The summed E-state index contributed by atoms with van der Waals surface area (Å²) in [5, 5.41) is 12.3. The zero-order valence-corrected chi connectivity index (χ0v) is 14.1. The molecule has 1 aromatic carbocycles. The van der Waals surface area contributed by atoms with Crippen LogP contribution < -0.4 is 5.32 Å². The SMILES string of the molecule is CCC(CC)(CCO)CNC(=O)C(C)(C)c1ccc(F)cc1. The van der Waals surface area contributed by atoms with Crippen LogP contribution in [0.1, 0.15) is 52.5 Å². The average molecular weight is 309 g/mol. The van der Waals surface area contributed by atoms with Crippen LogP contribution in [0.5, 0.6) is 0 Å². The molecule has 22 heavy (non-hydrogen) atoms. The fourth-order valence-electron chi connectivity index (χ4n) is 2.67. The minimum absolute atomic E-state index is 0.0662. The molecular formula is C18H28FNO2. The summed E-state index contributed by atoms with van der Waals surface area (Å²) in [5.74, 6) is -0.387. The van der Waals surface area contributed by atoms with Gasteiger partial charge in [-0.05, 0) is 56.2 Å². The van der Waals surface area contributed by atoms with E-state index in [-0.39, 0.29) is 23.7 Å². The van der Waals surface area contributed by atoms with Crippen molar-refractivity contribution in [2.24, 2.45) is 5.41 Å². The highest BCUT2D eigenvalue weighted by Crippen LogP contribution is 2.30. The lowest BCUT2D eigenvalue weighted by Gasteiger charge is -2.33. The van der Waals surface area contributed by atoms with Crippen LogP contribution >= 0.6 is 0 Å². The van der Waals surface area contributed by atoms with Gasteiger partial charge in [0.25, 0.3) is 0 Å². The van der Waals surface area contributed by atoms with Crippen molar-refractivity contribution < 1.29 is 14.3 Å². The van der Waals surface area contributed by atoms with Crippen LogP contribution in [-0.2, 0) is 10.2 Å². The molecule has 4 heteroatoms. The van der Waals surface area contributed by atoms with Crippen molar-refractivity contribution in [1.29, 1.82) is 0 Å². The Kier molecular flexibility index (Phi) is 6.54. The Bertz CT molecular complexity index is 478. The van der Waals surface area contributed by atoms with Gasteiger partial charge in [0.05, 0.1) is 5.41 Å². The van der Waals surface area contributed by atoms with Crippen molar-refractivity contribution in [1.82, 2.24) is 5.32 Å². The maximum atomic E-state index is 13.0. The van der Waals surface area contributed by atoms with E-state index in [0.717, 1.165) is 18.4 Å². The van der Waals surface area contributed by atoms with Crippen LogP contribution in [0.25, 0.3) is 0 Å². The second-order valence-electron chi connectivity index (χ2n) is 6.50. The predicted molar refractivity (Wildman–Crippen MR) is 87.2 cm³/mol. The number of benzene rings is 1. The van der Waals surface area contributed by atoms with Crippen molar-refractivity contribution in [3.05, 3.63) is 35.6 Å². The van der Waals surface area contributed by atoms with Gasteiger partial charge in [-0.3, -0.25) is 4.79 Å². The molecule has 0 fully saturated rings. The van der Waals surface area contributed by atoms with E-state index in [1.54, 1.807) is 12.1 Å². The molecule has 0 atom stereocenters. The molecular weight excluding hydrogens is 281 g/mol. The second-order valence-corrected chi connectivity index (χ2v) is 6.50. The largest absolute Gasteiger partial charge is 0.396 e. The number of halogens is 1. The minimum Gasteiger partial charge on any atom is -0.396 e. The Balaban J connectivity index is 2.80. The standard InChI is InChI=1S/C18H28FNO2/c1-5-18(6-2,11-12-21)13-20-16(22)17(3,4)14-7-9-15(19)10-8-14/h7-10,21H,5-6,11-13H2,1-4H3,(H,20,22). The number of hydrogen-bond donors (Lipinski definition) is 2. The molecule has 0 saturated carbocycles. The first-order chi connectivity index (χ1) is 10.3. The normalized spacial score (nSPS) is 12.3. The quantitative estimate of drug-likeness (QED) is 0.773. The molecule has 0 aliphatic heterocycles. The van der Waals surface area contributed by atoms with E-state index >= 15 is 0 Å². The smallest absolute Gasteiger partial charge is 0.230 e. The predicted octanol–water partition coefficient (Wildman–Crippen LogP) is 3.41. The van der Waals surface area contributed by atoms with E-state index in [2.05, 4.69) is 19.2 Å². The van der Waals surface area contributed by atoms with Crippen LogP contribution in [0.3, 0.4) is 0 Å². The molecule has 0 spiro atoms. The number of hydrogen-bond acceptors (Lipinski definition) is 2. The Morgan fingerprint density at radius 3 is 2.18 bits per heavy atom. The molecule has 1 rings (SSSR count). The number of aliphatic hydroxyl groups is 1. The van der Waals surface area contributed by atoms with E-state index in [1.165, 1.54) is 12.1 Å². The van der Waals surface area contributed by atoms with Crippen LogP contribution in [0.2, 0.25) is 0 Å². The van der Waals surface area contributed by atoms with Crippen molar-refractivity contribution >= 4 is 5.91 Å². The zero-order chi connectivity index (χ0) is 16.8. The first-order valence-electron chi connectivity index (χ1n) is 7.96. The van der Waals surface area contributed by atoms with Crippen molar-refractivity contribution in [2.75, 3.05) is 13.2 Å². The van der Waals surface area contributed by atoms with Gasteiger partial charge in [-0.2, -0.15) is 0 Å². The number of aliphatic hydroxyl groups excluding tert-OH is 1. The Morgan fingerprint density at radius 2 is 1.73 bits per heavy atom. The van der Waals surface area contributed by atoms with Gasteiger partial charge < -0.3 is 10.4 Å². The highest BCUT2D eigenvalue weighted by Gasteiger charge is 2.32. The van der Waals surface area contributed by atoms with E-state index in [1.807, 2.05) is 13.8 Å². The van der Waals surface area contributed by atoms with Gasteiger partial charge in [-0.15, -0.1) is 0 Å². The summed E-state index contributed by atoms with van der Waals surface area (Å²) >= 11 is 0. The molecule has 124 valence electrons. The van der Waals surface area contributed by atoms with Crippen molar-refractivity contribution in [2.45, 2.75) is 52.4 Å². The fraction of sp³-hybridized carbons (Fsp3) is 0.611. The van der Waals surface area contributed by atoms with Crippen molar-refractivity contribution in [3.8, 4) is 0 Å². The Labute approximate surface area is 132 Å². The Morgan fingerprint density at radius 1 is 1.18 bits per heavy atom. The summed E-state index contributed by atoms with van der Waals surface area (Å²) in [5.41, 5.74) is -0.00387. The van der Waals surface area contributed by atoms with E-state index in [0.29, 0.717) is 13.0 Å². The molecule has 0 aromatic heterocycles. The molecule has 0 aliphatic rings. The highest BCUT2D eigenvalue weighted by molar-refractivity contribution is 5.87. The van der Waals surface area contributed by atoms with Gasteiger partial charge in [-0.25, -0.2) is 4.39 Å². The van der Waals surface area contributed by atoms with Crippen LogP contribution in [0.15, 0.2) is 24.3 Å². The number of amides is 1. The zero-order valence-electron chi connectivity index (χ0n) is 14.1. The topological polar surface area (TPSA) is 49.3 Å². The summed E-state index contributed by atoms with van der Waals surface area (Å²) in [6.07, 6.45) is 2.49. The van der Waals surface area contributed by atoms with Gasteiger partial charge >= 0.3 is 0 Å². The lowest BCUT2D eigenvalue weighted by atomic mass is 9.78. The third-order valence-electron chi connectivity index (χ3n) is 4.90. The molecule has 0 aliphatic carbocycles. The molecule has 1 amide bonds. The van der Waals surface area contributed by atoms with Crippen LogP contribution in [0.4, 0.5) is 4.39 Å². The fourth-order valence-corrected chi connectivity index (χ4v) is 2.67. The third-order valence-corrected chi connectivity index (χ3v) is 4.90. The molecule has 0 saturated heterocycles. The number of carbonyl (C=O) groups excluding carboxylic acids is 1. The molecule has 1 aromatic rings. The van der Waals surface area contributed by atoms with E-state index < -0.39 is 5.41 Å². The maximum absolute atomic E-state index is 13.0. The summed E-state index contributed by atoms with van der Waals surface area (Å²) in [6, 6.07) is 6.04. The average Bonchev–Trinajstić information content (AvgIpc) is 2.51. The minimum atomic E-state index is -0.722. The van der Waals surface area contributed by atoms with Crippen molar-refractivity contribution in [3.63, 3.8) is 0 Å². The van der Waals surface area contributed by atoms with Gasteiger partial charge in [-0.1, -0.05) is 26.0 Å². The van der Waals surface area contributed by atoms with Crippen LogP contribution in [0, 0.1) is 11.2 Å². The molecule has 0 heterocycles. The maximum Gasteiger partial charge on any atom is 0.230 e. The molecule has 0 bridgehead atoms. The molecule has 0 unspecified atom stereocenters. The lowest BCUT2D eigenvalue weighted by Crippen LogP contribution is -2.45. The first-order valence-corrected chi connectivity index (χ1v) is 7.96. The van der Waals surface area contributed by atoms with Gasteiger partial charge in [0.15, 0.2) is 0 Å². The first kappa shape index (κ1) is 18.6. The molecule has 3 nitrogen and oxygen atoms in total. The van der Waals surface area contributed by atoms with Gasteiger partial charge in [0.2, 0.25) is 5.91 Å². The number of rotatable bonds is 8. The second kappa shape index (κ2) is 7.73. The summed E-state index contributed by atoms with van der Waals surface area (Å²) in [4.78, 5) is 12.6. The molecule has 0 radical (unpaired) electrons.